The van der Waals surface area contributed by atoms with Crippen molar-refractivity contribution >= 4 is 12.4 Å². The second kappa shape index (κ2) is 3.79. The number of aldehydes is 1. The largest absolute Gasteiger partial charge is 0.303 e. The average molecular weight is 186 g/mol. The van der Waals surface area contributed by atoms with Crippen molar-refractivity contribution < 1.29 is 4.79 Å². The van der Waals surface area contributed by atoms with Crippen LogP contribution in [-0.2, 0) is 4.79 Å². The summed E-state index contributed by atoms with van der Waals surface area (Å²) in [6.07, 6.45) is 6.38. The summed E-state index contributed by atoms with van der Waals surface area (Å²) < 4.78 is 0. The van der Waals surface area contributed by atoms with Gasteiger partial charge < -0.3 is 4.79 Å². The molecule has 1 heteroatoms. The predicted molar refractivity (Wildman–Crippen MR) is 58.1 cm³/mol. The van der Waals surface area contributed by atoms with Crippen LogP contribution >= 0.6 is 0 Å². The van der Waals surface area contributed by atoms with Crippen LogP contribution in [0.15, 0.2) is 30.3 Å². The lowest BCUT2D eigenvalue weighted by Crippen LogP contribution is -2.15. The normalized spacial score (nSPS) is 24.4. The van der Waals surface area contributed by atoms with E-state index in [1.165, 1.54) is 11.1 Å². The first-order chi connectivity index (χ1) is 6.86. The molecule has 0 fully saturated rings. The third kappa shape index (κ3) is 1.39. The highest BCUT2D eigenvalue weighted by molar-refractivity contribution is 5.71. The third-order valence-corrected chi connectivity index (χ3v) is 2.96. The topological polar surface area (TPSA) is 17.1 Å². The summed E-state index contributed by atoms with van der Waals surface area (Å²) in [5.74, 6) is 0.434. The summed E-state index contributed by atoms with van der Waals surface area (Å²) in [5.41, 5.74) is 2.37. The maximum Gasteiger partial charge on any atom is 0.128 e. The van der Waals surface area contributed by atoms with E-state index in [4.69, 9.17) is 0 Å². The van der Waals surface area contributed by atoms with Crippen molar-refractivity contribution in [3.8, 4) is 0 Å². The van der Waals surface area contributed by atoms with Crippen molar-refractivity contribution in [3.63, 3.8) is 0 Å². The lowest BCUT2D eigenvalue weighted by molar-refractivity contribution is -0.109. The van der Waals surface area contributed by atoms with Gasteiger partial charge in [0.2, 0.25) is 0 Å². The Balaban J connectivity index is 2.46. The van der Waals surface area contributed by atoms with Gasteiger partial charge in [0.05, 0.1) is 0 Å². The molecule has 0 spiro atoms. The van der Waals surface area contributed by atoms with Gasteiger partial charge in [-0.1, -0.05) is 43.3 Å². The summed E-state index contributed by atoms with van der Waals surface area (Å²) in [7, 11) is 0. The number of allylic oxidation sites excluding steroid dienone is 1. The molecule has 0 N–H and O–H groups in total. The molecule has 1 nitrogen and oxygen atoms in total. The highest BCUT2D eigenvalue weighted by atomic mass is 16.1. The van der Waals surface area contributed by atoms with E-state index in [0.717, 1.165) is 12.7 Å². The summed E-state index contributed by atoms with van der Waals surface area (Å²) >= 11 is 0. The quantitative estimate of drug-likeness (QED) is 0.649. The van der Waals surface area contributed by atoms with Gasteiger partial charge in [-0.05, 0) is 23.5 Å². The van der Waals surface area contributed by atoms with Crippen molar-refractivity contribution in [1.29, 1.82) is 0 Å². The Morgan fingerprint density at radius 3 is 2.86 bits per heavy atom. The molecule has 1 aromatic carbocycles. The van der Waals surface area contributed by atoms with Crippen molar-refractivity contribution in [1.82, 2.24) is 0 Å². The molecule has 0 aliphatic heterocycles. The van der Waals surface area contributed by atoms with E-state index in [1.54, 1.807) is 0 Å². The number of carbonyl (C=O) groups excluding carboxylic acids is 1. The van der Waals surface area contributed by atoms with Crippen LogP contribution in [0.25, 0.3) is 6.08 Å². The molecular formula is C13H14O. The fourth-order valence-electron chi connectivity index (χ4n) is 2.11. The Labute approximate surface area is 84.5 Å². The fourth-order valence-corrected chi connectivity index (χ4v) is 2.11. The first-order valence-corrected chi connectivity index (χ1v) is 5.09. The minimum atomic E-state index is 0.0567. The zero-order valence-corrected chi connectivity index (χ0v) is 8.31. The van der Waals surface area contributed by atoms with Gasteiger partial charge >= 0.3 is 0 Å². The molecule has 1 aliphatic carbocycles. The second-order valence-corrected chi connectivity index (χ2v) is 3.72. The number of carbonyl (C=O) groups is 1. The van der Waals surface area contributed by atoms with E-state index in [-0.39, 0.29) is 5.92 Å². The molecule has 0 radical (unpaired) electrons. The zero-order valence-electron chi connectivity index (χ0n) is 8.31. The van der Waals surface area contributed by atoms with E-state index < -0.39 is 0 Å². The highest BCUT2D eigenvalue weighted by Gasteiger charge is 2.23. The van der Waals surface area contributed by atoms with E-state index >= 15 is 0 Å². The SMILES string of the molecule is CC[C@@H]1C=Cc2ccccc2[C@H]1C=O. The van der Waals surface area contributed by atoms with Gasteiger partial charge in [0.15, 0.2) is 0 Å². The van der Waals surface area contributed by atoms with Crippen molar-refractivity contribution in [2.75, 3.05) is 0 Å². The Hall–Kier alpha value is -1.37. The smallest absolute Gasteiger partial charge is 0.128 e. The molecule has 1 aromatic rings. The first-order valence-electron chi connectivity index (χ1n) is 5.09. The van der Waals surface area contributed by atoms with E-state index in [1.807, 2.05) is 12.1 Å². The van der Waals surface area contributed by atoms with Gasteiger partial charge in [0.1, 0.15) is 6.29 Å². The van der Waals surface area contributed by atoms with Crippen molar-refractivity contribution in [3.05, 3.63) is 41.5 Å². The number of fused-ring (bicyclic) bond motifs is 1. The Morgan fingerprint density at radius 2 is 2.14 bits per heavy atom. The van der Waals surface area contributed by atoms with Gasteiger partial charge in [-0.15, -0.1) is 0 Å². The molecule has 0 amide bonds. The fraction of sp³-hybridized carbons (Fsp3) is 0.308. The van der Waals surface area contributed by atoms with E-state index in [2.05, 4.69) is 31.2 Å². The van der Waals surface area contributed by atoms with Crippen molar-refractivity contribution in [2.24, 2.45) is 5.92 Å². The lowest BCUT2D eigenvalue weighted by Gasteiger charge is -2.24. The van der Waals surface area contributed by atoms with Crippen LogP contribution in [0.2, 0.25) is 0 Å². The Morgan fingerprint density at radius 1 is 1.36 bits per heavy atom. The minimum Gasteiger partial charge on any atom is -0.303 e. The predicted octanol–water partition coefficient (Wildman–Crippen LogP) is 3.02. The van der Waals surface area contributed by atoms with Gasteiger partial charge in [-0.25, -0.2) is 0 Å². The van der Waals surface area contributed by atoms with E-state index in [0.29, 0.717) is 5.92 Å². The molecule has 0 aromatic heterocycles. The molecule has 72 valence electrons. The Kier molecular flexibility index (Phi) is 2.49. The number of hydrogen-bond acceptors (Lipinski definition) is 1. The molecule has 0 bridgehead atoms. The van der Waals surface area contributed by atoms with Crippen LogP contribution in [0.3, 0.4) is 0 Å². The van der Waals surface area contributed by atoms with Crippen LogP contribution in [0.5, 0.6) is 0 Å². The molecule has 2 rings (SSSR count). The summed E-state index contributed by atoms with van der Waals surface area (Å²) in [6.45, 7) is 2.12. The molecule has 14 heavy (non-hydrogen) atoms. The molecule has 0 saturated heterocycles. The maximum absolute atomic E-state index is 11.1. The first kappa shape index (κ1) is 9.20. The average Bonchev–Trinajstić information content (AvgIpc) is 2.27. The third-order valence-electron chi connectivity index (χ3n) is 2.96. The second-order valence-electron chi connectivity index (χ2n) is 3.72. The van der Waals surface area contributed by atoms with Crippen LogP contribution in [0.1, 0.15) is 30.4 Å². The van der Waals surface area contributed by atoms with Gasteiger partial charge in [-0.3, -0.25) is 0 Å². The summed E-state index contributed by atoms with van der Waals surface area (Å²) in [6, 6.07) is 8.13. The van der Waals surface area contributed by atoms with Crippen LogP contribution in [0.4, 0.5) is 0 Å². The zero-order chi connectivity index (χ0) is 9.97. The van der Waals surface area contributed by atoms with Crippen molar-refractivity contribution in [2.45, 2.75) is 19.3 Å². The maximum atomic E-state index is 11.1. The molecular weight excluding hydrogens is 172 g/mol. The molecule has 0 heterocycles. The highest BCUT2D eigenvalue weighted by Crippen LogP contribution is 2.34. The molecule has 0 unspecified atom stereocenters. The van der Waals surface area contributed by atoms with Gasteiger partial charge in [0, 0.05) is 5.92 Å². The van der Waals surface area contributed by atoms with Crippen LogP contribution < -0.4 is 0 Å². The molecule has 1 aliphatic rings. The van der Waals surface area contributed by atoms with Crippen LogP contribution in [-0.4, -0.2) is 6.29 Å². The van der Waals surface area contributed by atoms with Gasteiger partial charge in [0.25, 0.3) is 0 Å². The monoisotopic (exact) mass is 186 g/mol. The van der Waals surface area contributed by atoms with Gasteiger partial charge in [-0.2, -0.15) is 0 Å². The minimum absolute atomic E-state index is 0.0567. The Bertz CT molecular complexity index is 365. The van der Waals surface area contributed by atoms with E-state index in [9.17, 15) is 4.79 Å². The molecule has 2 atom stereocenters. The summed E-state index contributed by atoms with van der Waals surface area (Å²) in [4.78, 5) is 11.1. The summed E-state index contributed by atoms with van der Waals surface area (Å²) in [5, 5.41) is 0. The molecule has 0 saturated carbocycles. The number of rotatable bonds is 2. The number of hydrogen-bond donors (Lipinski definition) is 0. The standard InChI is InChI=1S/C13H14O/c1-2-10-7-8-11-5-3-4-6-12(11)13(10)9-14/h3-10,13H,2H2,1H3/t10-,13+/m1/s1. The lowest BCUT2D eigenvalue weighted by atomic mass is 9.79. The van der Waals surface area contributed by atoms with Crippen LogP contribution in [0, 0.1) is 5.92 Å². The number of benzene rings is 1.